The second-order valence-corrected chi connectivity index (χ2v) is 3.58. The number of halogens is 2. The highest BCUT2D eigenvalue weighted by Crippen LogP contribution is 2.28. The summed E-state index contributed by atoms with van der Waals surface area (Å²) in [5, 5.41) is 15.9. The van der Waals surface area contributed by atoms with Crippen molar-refractivity contribution < 1.29 is 4.96 Å². The molecule has 0 radical (unpaired) electrons. The molecule has 4 nitrogen and oxygen atoms in total. The van der Waals surface area contributed by atoms with Crippen LogP contribution in [0, 0.1) is 5.21 Å². The van der Waals surface area contributed by atoms with Gasteiger partial charge in [-0.2, -0.15) is 0 Å². The van der Waals surface area contributed by atoms with E-state index in [-0.39, 0.29) is 0 Å². The summed E-state index contributed by atoms with van der Waals surface area (Å²) in [6, 6.07) is 3.29. The molecule has 0 fully saturated rings. The Balaban J connectivity index is 2.90. The maximum atomic E-state index is 11.3. The van der Waals surface area contributed by atoms with E-state index >= 15 is 0 Å². The highest BCUT2D eigenvalue weighted by Gasteiger charge is 2.16. The number of hydrogen-bond donors (Lipinski definition) is 0. The van der Waals surface area contributed by atoms with Crippen molar-refractivity contribution in [1.29, 1.82) is 0 Å². The summed E-state index contributed by atoms with van der Waals surface area (Å²) in [5.41, 5.74) is 1.13. The molecule has 2 rings (SSSR count). The quantitative estimate of drug-likeness (QED) is 0.557. The van der Waals surface area contributed by atoms with Gasteiger partial charge in [-0.15, -0.1) is 4.68 Å². The Morgan fingerprint density at radius 1 is 1.50 bits per heavy atom. The summed E-state index contributed by atoms with van der Waals surface area (Å²) in [7, 11) is 0. The molecule has 1 aromatic carbocycles. The fraction of sp³-hybridized carbons (Fsp3) is 0.250. The van der Waals surface area contributed by atoms with E-state index in [9.17, 15) is 5.21 Å². The molecule has 0 saturated carbocycles. The smallest absolute Gasteiger partial charge is 0.165 e. The third-order valence-electron chi connectivity index (χ3n) is 2.01. The normalized spacial score (nSPS) is 11.1. The Hall–Kier alpha value is -1.00. The maximum absolute atomic E-state index is 11.3. The Kier molecular flexibility index (Phi) is 2.25. The zero-order valence-corrected chi connectivity index (χ0v) is 8.88. The van der Waals surface area contributed by atoms with Gasteiger partial charge in [-0.05, 0) is 19.1 Å². The van der Waals surface area contributed by atoms with Crippen LogP contribution in [0.5, 0.6) is 0 Å². The standard InChI is InChI=1S/C8H7Cl2N3O/c1-2-12-8-6(11-13(12)14)4-3-5(9)7(8)10/h3-4H,2H2,1H3. The second-order valence-electron chi connectivity index (χ2n) is 2.80. The first-order chi connectivity index (χ1) is 6.65. The monoisotopic (exact) mass is 231 g/mol. The van der Waals surface area contributed by atoms with Gasteiger partial charge in [-0.25, -0.2) is 0 Å². The van der Waals surface area contributed by atoms with E-state index in [2.05, 4.69) is 5.10 Å². The molecule has 0 spiro atoms. The predicted octanol–water partition coefficient (Wildman–Crippen LogP) is 2.00. The van der Waals surface area contributed by atoms with Gasteiger partial charge in [0.2, 0.25) is 0 Å². The molecule has 0 amide bonds. The lowest BCUT2D eigenvalue weighted by atomic mass is 10.3. The lowest BCUT2D eigenvalue weighted by Crippen LogP contribution is -2.39. The summed E-state index contributed by atoms with van der Waals surface area (Å²) >= 11 is 11.8. The molecule has 1 heterocycles. The third kappa shape index (κ3) is 1.22. The summed E-state index contributed by atoms with van der Waals surface area (Å²) in [6.45, 7) is 2.34. The van der Waals surface area contributed by atoms with Crippen molar-refractivity contribution >= 4 is 34.2 Å². The van der Waals surface area contributed by atoms with Gasteiger partial charge in [-0.3, -0.25) is 0 Å². The number of aromatic nitrogens is 3. The molecule has 0 atom stereocenters. The van der Waals surface area contributed by atoms with Crippen LogP contribution in [0.3, 0.4) is 0 Å². The van der Waals surface area contributed by atoms with Crippen LogP contribution in [-0.2, 0) is 6.54 Å². The molecule has 0 unspecified atom stereocenters. The Morgan fingerprint density at radius 2 is 2.21 bits per heavy atom. The molecule has 0 bridgehead atoms. The zero-order valence-electron chi connectivity index (χ0n) is 7.37. The van der Waals surface area contributed by atoms with E-state index in [1.165, 1.54) is 4.68 Å². The molecule has 0 N–H and O–H groups in total. The van der Waals surface area contributed by atoms with Crippen molar-refractivity contribution in [2.45, 2.75) is 13.5 Å². The van der Waals surface area contributed by atoms with Crippen LogP contribution in [0.4, 0.5) is 0 Å². The lowest BCUT2D eigenvalue weighted by Gasteiger charge is -1.99. The summed E-state index contributed by atoms with van der Waals surface area (Å²) in [4.78, 5) is 0.521. The van der Waals surface area contributed by atoms with Gasteiger partial charge in [-0.1, -0.05) is 23.2 Å². The van der Waals surface area contributed by atoms with Gasteiger partial charge >= 0.3 is 0 Å². The molecule has 2 aromatic rings. The molecule has 14 heavy (non-hydrogen) atoms. The average molecular weight is 232 g/mol. The summed E-state index contributed by atoms with van der Waals surface area (Å²) in [5.74, 6) is 0. The van der Waals surface area contributed by atoms with Crippen molar-refractivity contribution in [1.82, 2.24) is 9.78 Å². The zero-order chi connectivity index (χ0) is 10.3. The number of hydrogen-bond acceptors (Lipinski definition) is 2. The van der Waals surface area contributed by atoms with Gasteiger partial charge in [0.25, 0.3) is 0 Å². The molecule has 6 heteroatoms. The minimum atomic E-state index is 0.369. The summed E-state index contributed by atoms with van der Waals surface area (Å²) in [6.07, 6.45) is 0. The van der Waals surface area contributed by atoms with Crippen molar-refractivity contribution in [3.8, 4) is 0 Å². The average Bonchev–Trinajstić information content (AvgIpc) is 2.48. The Morgan fingerprint density at radius 3 is 2.86 bits per heavy atom. The van der Waals surface area contributed by atoms with Gasteiger partial charge in [0.1, 0.15) is 0 Å². The Labute approximate surface area is 90.2 Å². The van der Waals surface area contributed by atoms with E-state index in [0.717, 1.165) is 0 Å². The molecule has 0 aliphatic heterocycles. The number of fused-ring (bicyclic) bond motifs is 1. The molecular formula is C8H7Cl2N3O. The van der Waals surface area contributed by atoms with Crippen molar-refractivity contribution in [2.24, 2.45) is 0 Å². The van der Waals surface area contributed by atoms with Gasteiger partial charge in [0.15, 0.2) is 11.0 Å². The number of rotatable bonds is 1. The molecule has 0 aliphatic carbocycles. The first-order valence-corrected chi connectivity index (χ1v) is 4.85. The fourth-order valence-corrected chi connectivity index (χ4v) is 1.78. The topological polar surface area (TPSA) is 44.8 Å². The van der Waals surface area contributed by atoms with E-state index in [1.807, 2.05) is 6.92 Å². The Bertz CT molecular complexity index is 495. The lowest BCUT2D eigenvalue weighted by molar-refractivity contribution is -0.746. The second kappa shape index (κ2) is 3.29. The van der Waals surface area contributed by atoms with E-state index in [4.69, 9.17) is 23.2 Å². The molecular weight excluding hydrogens is 225 g/mol. The highest BCUT2D eigenvalue weighted by atomic mass is 35.5. The maximum Gasteiger partial charge on any atom is 0.165 e. The SMILES string of the molecule is CCn1c2c(Cl)c(Cl)ccc2n[n+]1[O-]. The van der Waals surface area contributed by atoms with Crippen LogP contribution in [0.1, 0.15) is 6.92 Å². The van der Waals surface area contributed by atoms with Crippen LogP contribution in [0.15, 0.2) is 12.1 Å². The van der Waals surface area contributed by atoms with Crippen LogP contribution in [0.2, 0.25) is 10.0 Å². The van der Waals surface area contributed by atoms with Crippen molar-refractivity contribution in [2.75, 3.05) is 0 Å². The minimum absolute atomic E-state index is 0.369. The largest absolute Gasteiger partial charge is 0.571 e. The summed E-state index contributed by atoms with van der Waals surface area (Å²) < 4.78 is 1.42. The van der Waals surface area contributed by atoms with Crippen LogP contribution >= 0.6 is 23.2 Å². The van der Waals surface area contributed by atoms with Crippen LogP contribution < -0.4 is 4.96 Å². The molecule has 0 saturated heterocycles. The highest BCUT2D eigenvalue weighted by molar-refractivity contribution is 6.44. The van der Waals surface area contributed by atoms with Gasteiger partial charge < -0.3 is 5.21 Å². The van der Waals surface area contributed by atoms with Gasteiger partial charge in [0, 0.05) is 10.1 Å². The molecule has 74 valence electrons. The number of aryl methyl sites for hydroxylation is 1. The number of nitrogens with zero attached hydrogens (tertiary/aromatic N) is 3. The van der Waals surface area contributed by atoms with Crippen LogP contribution in [-0.4, -0.2) is 9.78 Å². The van der Waals surface area contributed by atoms with Crippen LogP contribution in [0.25, 0.3) is 11.0 Å². The fourth-order valence-electron chi connectivity index (χ4n) is 1.37. The number of benzene rings is 1. The van der Waals surface area contributed by atoms with Gasteiger partial charge in [0.05, 0.1) is 16.6 Å². The first kappa shape index (κ1) is 9.55. The van der Waals surface area contributed by atoms with Crippen molar-refractivity contribution in [3.05, 3.63) is 27.4 Å². The third-order valence-corrected chi connectivity index (χ3v) is 2.80. The van der Waals surface area contributed by atoms with E-state index < -0.39 is 0 Å². The first-order valence-electron chi connectivity index (χ1n) is 4.09. The molecule has 0 aliphatic rings. The predicted molar refractivity (Wildman–Crippen MR) is 54.4 cm³/mol. The minimum Gasteiger partial charge on any atom is -0.571 e. The van der Waals surface area contributed by atoms with E-state index in [0.29, 0.717) is 32.6 Å². The van der Waals surface area contributed by atoms with E-state index in [1.54, 1.807) is 12.1 Å². The van der Waals surface area contributed by atoms with Crippen molar-refractivity contribution in [3.63, 3.8) is 0 Å². The molecule has 1 aromatic heterocycles.